The predicted molar refractivity (Wildman–Crippen MR) is 101 cm³/mol. The van der Waals surface area contributed by atoms with Crippen LogP contribution in [0, 0.1) is 37.0 Å². The summed E-state index contributed by atoms with van der Waals surface area (Å²) in [4.78, 5) is 24.8. The maximum absolute atomic E-state index is 12.4. The molecule has 0 heterocycles. The Morgan fingerprint density at radius 3 is 2.46 bits per heavy atom. The Balaban J connectivity index is 1.62. The summed E-state index contributed by atoms with van der Waals surface area (Å²) in [5.74, 6) is -1.16. The third-order valence-corrected chi connectivity index (χ3v) is 4.70. The molecular formula is C20H18ClN3O2. The summed E-state index contributed by atoms with van der Waals surface area (Å²) in [6, 6.07) is 12.4. The van der Waals surface area contributed by atoms with E-state index in [1.54, 1.807) is 30.3 Å². The first-order chi connectivity index (χ1) is 12.4. The number of hydrogen-bond acceptors (Lipinski definition) is 3. The van der Waals surface area contributed by atoms with Gasteiger partial charge in [0.15, 0.2) is 0 Å². The Labute approximate surface area is 157 Å². The molecule has 2 N–H and O–H groups in total. The average molecular weight is 368 g/mol. The third kappa shape index (κ3) is 3.87. The van der Waals surface area contributed by atoms with Gasteiger partial charge in [0.25, 0.3) is 0 Å². The number of carbonyl (C=O) groups is 2. The smallest absolute Gasteiger partial charge is 0.228 e. The Morgan fingerprint density at radius 2 is 1.81 bits per heavy atom. The van der Waals surface area contributed by atoms with E-state index in [2.05, 4.69) is 10.6 Å². The van der Waals surface area contributed by atoms with Gasteiger partial charge in [0.2, 0.25) is 11.8 Å². The first-order valence-electron chi connectivity index (χ1n) is 8.27. The van der Waals surface area contributed by atoms with Crippen LogP contribution in [-0.2, 0) is 9.59 Å². The molecule has 2 amide bonds. The summed E-state index contributed by atoms with van der Waals surface area (Å²) in [5, 5.41) is 15.0. The highest BCUT2D eigenvalue weighted by atomic mass is 35.5. The van der Waals surface area contributed by atoms with Crippen LogP contribution in [0.4, 0.5) is 11.4 Å². The highest BCUT2D eigenvalue weighted by Gasteiger charge is 2.48. The number of benzene rings is 2. The van der Waals surface area contributed by atoms with E-state index < -0.39 is 0 Å². The summed E-state index contributed by atoms with van der Waals surface area (Å²) in [5.41, 5.74) is 3.53. The molecule has 1 aliphatic carbocycles. The second kappa shape index (κ2) is 7.19. The molecule has 0 aromatic heterocycles. The van der Waals surface area contributed by atoms with Crippen LogP contribution in [0.5, 0.6) is 0 Å². The van der Waals surface area contributed by atoms with Crippen molar-refractivity contribution in [2.24, 2.45) is 11.8 Å². The molecule has 0 saturated heterocycles. The van der Waals surface area contributed by atoms with Gasteiger partial charge in [0, 0.05) is 5.69 Å². The first kappa shape index (κ1) is 18.0. The van der Waals surface area contributed by atoms with Gasteiger partial charge in [-0.25, -0.2) is 0 Å². The highest BCUT2D eigenvalue weighted by molar-refractivity contribution is 6.34. The molecule has 2 unspecified atom stereocenters. The van der Waals surface area contributed by atoms with Crippen molar-refractivity contribution in [3.8, 4) is 6.07 Å². The predicted octanol–water partition coefficient (Wildman–Crippen LogP) is 4.04. The number of nitriles is 1. The molecule has 2 aromatic carbocycles. The van der Waals surface area contributed by atoms with Crippen molar-refractivity contribution in [2.45, 2.75) is 20.3 Å². The maximum atomic E-state index is 12.4. The lowest BCUT2D eigenvalue weighted by molar-refractivity contribution is -0.122. The van der Waals surface area contributed by atoms with E-state index in [4.69, 9.17) is 16.9 Å². The average Bonchev–Trinajstić information content (AvgIpc) is 3.39. The largest absolute Gasteiger partial charge is 0.326 e. The molecular weight excluding hydrogens is 350 g/mol. The molecule has 2 atom stereocenters. The SMILES string of the molecule is Cc1cc(C)c(NC(=O)C2CC2C(=O)Nc2cccc(C#N)c2)c(Cl)c1. The second-order valence-corrected chi connectivity index (χ2v) is 6.97. The summed E-state index contributed by atoms with van der Waals surface area (Å²) in [7, 11) is 0. The van der Waals surface area contributed by atoms with Crippen LogP contribution in [-0.4, -0.2) is 11.8 Å². The van der Waals surface area contributed by atoms with Gasteiger partial charge in [-0.1, -0.05) is 23.7 Å². The number of hydrogen-bond donors (Lipinski definition) is 2. The minimum absolute atomic E-state index is 0.204. The number of nitrogens with zero attached hydrogens (tertiary/aromatic N) is 1. The number of aryl methyl sites for hydroxylation is 2. The van der Waals surface area contributed by atoms with E-state index in [-0.39, 0.29) is 23.7 Å². The van der Waals surface area contributed by atoms with Crippen molar-refractivity contribution in [3.63, 3.8) is 0 Å². The van der Waals surface area contributed by atoms with Crippen LogP contribution in [0.3, 0.4) is 0 Å². The normalized spacial score (nSPS) is 17.9. The fourth-order valence-corrected chi connectivity index (χ4v) is 3.33. The molecule has 3 rings (SSSR count). The number of nitrogens with one attached hydrogen (secondary N) is 2. The lowest BCUT2D eigenvalue weighted by Gasteiger charge is -2.11. The van der Waals surface area contributed by atoms with Gasteiger partial charge in [0.05, 0.1) is 34.2 Å². The Kier molecular flexibility index (Phi) is 4.97. The zero-order chi connectivity index (χ0) is 18.8. The van der Waals surface area contributed by atoms with Crippen molar-refractivity contribution in [2.75, 3.05) is 10.6 Å². The molecule has 1 aliphatic rings. The van der Waals surface area contributed by atoms with Crippen LogP contribution in [0.1, 0.15) is 23.1 Å². The zero-order valence-corrected chi connectivity index (χ0v) is 15.2. The van der Waals surface area contributed by atoms with Gasteiger partial charge in [-0.2, -0.15) is 5.26 Å². The zero-order valence-electron chi connectivity index (χ0n) is 14.5. The van der Waals surface area contributed by atoms with Crippen molar-refractivity contribution in [1.29, 1.82) is 5.26 Å². The van der Waals surface area contributed by atoms with Crippen molar-refractivity contribution < 1.29 is 9.59 Å². The monoisotopic (exact) mass is 367 g/mol. The van der Waals surface area contributed by atoms with Gasteiger partial charge in [-0.3, -0.25) is 9.59 Å². The molecule has 5 nitrogen and oxygen atoms in total. The number of carbonyl (C=O) groups excluding carboxylic acids is 2. The molecule has 0 spiro atoms. The molecule has 0 radical (unpaired) electrons. The van der Waals surface area contributed by atoms with Gasteiger partial charge in [-0.05, 0) is 55.7 Å². The topological polar surface area (TPSA) is 82.0 Å². The quantitative estimate of drug-likeness (QED) is 0.855. The van der Waals surface area contributed by atoms with Gasteiger partial charge in [-0.15, -0.1) is 0 Å². The number of halogens is 1. The summed E-state index contributed by atoms with van der Waals surface area (Å²) in [6.45, 7) is 3.82. The van der Waals surface area contributed by atoms with Crippen LogP contribution >= 0.6 is 11.6 Å². The minimum Gasteiger partial charge on any atom is -0.326 e. The summed E-state index contributed by atoms with van der Waals surface area (Å²) in [6.07, 6.45) is 0.498. The molecule has 6 heteroatoms. The van der Waals surface area contributed by atoms with Crippen LogP contribution in [0.25, 0.3) is 0 Å². The minimum atomic E-state index is -0.370. The Hall–Kier alpha value is -2.84. The van der Waals surface area contributed by atoms with E-state index in [9.17, 15) is 9.59 Å². The molecule has 1 saturated carbocycles. The van der Waals surface area contributed by atoms with E-state index in [1.165, 1.54) is 0 Å². The highest BCUT2D eigenvalue weighted by Crippen LogP contribution is 2.41. The van der Waals surface area contributed by atoms with E-state index in [1.807, 2.05) is 26.0 Å². The molecule has 0 aliphatic heterocycles. The van der Waals surface area contributed by atoms with E-state index >= 15 is 0 Å². The van der Waals surface area contributed by atoms with Crippen LogP contribution in [0.15, 0.2) is 36.4 Å². The maximum Gasteiger partial charge on any atom is 0.228 e. The van der Waals surface area contributed by atoms with Gasteiger partial charge in [0.1, 0.15) is 0 Å². The number of amides is 2. The van der Waals surface area contributed by atoms with Gasteiger partial charge < -0.3 is 10.6 Å². The van der Waals surface area contributed by atoms with Crippen molar-refractivity contribution in [1.82, 2.24) is 0 Å². The molecule has 2 aromatic rings. The molecule has 0 bridgehead atoms. The molecule has 132 valence electrons. The van der Waals surface area contributed by atoms with Crippen LogP contribution in [0.2, 0.25) is 5.02 Å². The fourth-order valence-electron chi connectivity index (χ4n) is 2.97. The lowest BCUT2D eigenvalue weighted by atomic mass is 10.1. The van der Waals surface area contributed by atoms with E-state index in [0.717, 1.165) is 11.1 Å². The molecule has 1 fully saturated rings. The number of anilines is 2. The van der Waals surface area contributed by atoms with Gasteiger partial charge >= 0.3 is 0 Å². The summed E-state index contributed by atoms with van der Waals surface area (Å²) >= 11 is 6.22. The third-order valence-electron chi connectivity index (χ3n) is 4.40. The Bertz CT molecular complexity index is 910. The second-order valence-electron chi connectivity index (χ2n) is 6.56. The molecule has 26 heavy (non-hydrogen) atoms. The Morgan fingerprint density at radius 1 is 1.12 bits per heavy atom. The summed E-state index contributed by atoms with van der Waals surface area (Å²) < 4.78 is 0. The lowest BCUT2D eigenvalue weighted by Crippen LogP contribution is -2.21. The number of rotatable bonds is 4. The standard InChI is InChI=1S/C20H18ClN3O2/c1-11-6-12(2)18(17(21)7-11)24-20(26)16-9-15(16)19(25)23-14-5-3-4-13(8-14)10-22/h3-8,15-16H,9H2,1-2H3,(H,23,25)(H,24,26). The first-order valence-corrected chi connectivity index (χ1v) is 8.65. The fraction of sp³-hybridized carbons (Fsp3) is 0.250. The van der Waals surface area contributed by atoms with Crippen molar-refractivity contribution in [3.05, 3.63) is 58.1 Å². The van der Waals surface area contributed by atoms with Crippen LogP contribution < -0.4 is 10.6 Å². The van der Waals surface area contributed by atoms with E-state index in [0.29, 0.717) is 28.4 Å². The van der Waals surface area contributed by atoms with Crippen molar-refractivity contribution >= 4 is 34.8 Å².